The molecule has 10 nitrogen and oxygen atoms in total. The Bertz CT molecular complexity index is 1190. The van der Waals surface area contributed by atoms with Gasteiger partial charge in [-0.15, -0.1) is 5.10 Å². The molecular formula is C22H26F3N7O3. The summed E-state index contributed by atoms with van der Waals surface area (Å²) in [5.74, 6) is 0.598. The normalized spacial score (nSPS) is 15.0. The van der Waals surface area contributed by atoms with E-state index >= 15 is 0 Å². The molecule has 13 heteroatoms. The molecule has 4 rings (SSSR count). The summed E-state index contributed by atoms with van der Waals surface area (Å²) in [5.41, 5.74) is -1.68. The van der Waals surface area contributed by atoms with Gasteiger partial charge in [-0.25, -0.2) is 9.36 Å². The highest BCUT2D eigenvalue weighted by atomic mass is 19.4. The van der Waals surface area contributed by atoms with Gasteiger partial charge < -0.3 is 20.1 Å². The largest absolute Gasteiger partial charge is 0.497 e. The van der Waals surface area contributed by atoms with Crippen molar-refractivity contribution in [1.29, 1.82) is 0 Å². The monoisotopic (exact) mass is 493 g/mol. The summed E-state index contributed by atoms with van der Waals surface area (Å²) in [6.45, 7) is 3.46. The minimum Gasteiger partial charge on any atom is -0.497 e. The van der Waals surface area contributed by atoms with E-state index in [0.717, 1.165) is 24.0 Å². The SMILES string of the molecule is COc1ccc(Cn2ncc(NC(C)COCc3cn(C4CNC4)nn3)c(C(F)(F)F)c2=O)cc1. The van der Waals surface area contributed by atoms with Gasteiger partial charge in [-0.3, -0.25) is 4.79 Å². The highest BCUT2D eigenvalue weighted by molar-refractivity contribution is 5.50. The number of methoxy groups -OCH3 is 1. The number of ether oxygens (including phenoxy) is 2. The average molecular weight is 493 g/mol. The van der Waals surface area contributed by atoms with Crippen LogP contribution in [0.15, 0.2) is 41.5 Å². The first-order valence-electron chi connectivity index (χ1n) is 11.0. The van der Waals surface area contributed by atoms with Crippen LogP contribution in [-0.2, 0) is 24.1 Å². The summed E-state index contributed by atoms with van der Waals surface area (Å²) < 4.78 is 54.6. The summed E-state index contributed by atoms with van der Waals surface area (Å²) in [4.78, 5) is 12.7. The Kier molecular flexibility index (Phi) is 7.36. The molecule has 0 bridgehead atoms. The second-order valence-electron chi connectivity index (χ2n) is 8.30. The van der Waals surface area contributed by atoms with Crippen molar-refractivity contribution in [2.45, 2.75) is 38.3 Å². The molecule has 3 heterocycles. The first-order valence-corrected chi connectivity index (χ1v) is 11.0. The summed E-state index contributed by atoms with van der Waals surface area (Å²) in [5, 5.41) is 17.9. The second-order valence-corrected chi connectivity index (χ2v) is 8.30. The lowest BCUT2D eigenvalue weighted by atomic mass is 10.2. The van der Waals surface area contributed by atoms with Crippen LogP contribution in [0, 0.1) is 0 Å². The summed E-state index contributed by atoms with van der Waals surface area (Å²) in [6, 6.07) is 6.39. The molecule has 1 aromatic carbocycles. The molecule has 188 valence electrons. The van der Waals surface area contributed by atoms with Gasteiger partial charge in [0.2, 0.25) is 0 Å². The zero-order chi connectivity index (χ0) is 25.0. The van der Waals surface area contributed by atoms with Crippen molar-refractivity contribution in [3.05, 3.63) is 63.8 Å². The number of nitrogens with zero attached hydrogens (tertiary/aromatic N) is 5. The van der Waals surface area contributed by atoms with Crippen LogP contribution in [0.1, 0.15) is 29.8 Å². The van der Waals surface area contributed by atoms with E-state index < -0.39 is 29.0 Å². The van der Waals surface area contributed by atoms with Crippen LogP contribution in [0.2, 0.25) is 0 Å². The molecule has 1 aliphatic rings. The van der Waals surface area contributed by atoms with Crippen molar-refractivity contribution in [1.82, 2.24) is 30.1 Å². The molecule has 2 N–H and O–H groups in total. The van der Waals surface area contributed by atoms with E-state index in [1.54, 1.807) is 42.1 Å². The Labute approximate surface area is 199 Å². The molecule has 1 saturated heterocycles. The Morgan fingerprint density at radius 3 is 2.63 bits per heavy atom. The van der Waals surface area contributed by atoms with Crippen molar-refractivity contribution < 1.29 is 22.6 Å². The number of aromatic nitrogens is 5. The van der Waals surface area contributed by atoms with E-state index in [0.29, 0.717) is 17.0 Å². The van der Waals surface area contributed by atoms with Gasteiger partial charge in [-0.1, -0.05) is 17.3 Å². The van der Waals surface area contributed by atoms with Crippen molar-refractivity contribution in [3.63, 3.8) is 0 Å². The van der Waals surface area contributed by atoms with Crippen molar-refractivity contribution >= 4 is 5.69 Å². The topological polar surface area (TPSA) is 108 Å². The van der Waals surface area contributed by atoms with Crippen molar-refractivity contribution in [3.8, 4) is 5.75 Å². The predicted molar refractivity (Wildman–Crippen MR) is 120 cm³/mol. The molecule has 0 spiro atoms. The fourth-order valence-corrected chi connectivity index (χ4v) is 3.55. The van der Waals surface area contributed by atoms with Gasteiger partial charge in [0, 0.05) is 19.1 Å². The molecule has 0 amide bonds. The standard InChI is InChI=1S/C22H26F3N7O3/c1-14(12-35-13-16-11-31(30-29-16)17-7-26-8-17)28-19-9-27-32(21(33)20(19)22(23,24)25)10-15-3-5-18(34-2)6-4-15/h3-6,9,11,14,17,26,28H,7-8,10,12-13H2,1-2H3. The van der Waals surface area contributed by atoms with Gasteiger partial charge >= 0.3 is 6.18 Å². The number of halogens is 3. The third-order valence-corrected chi connectivity index (χ3v) is 5.53. The number of hydrogen-bond acceptors (Lipinski definition) is 8. The van der Waals surface area contributed by atoms with Crippen LogP contribution in [0.5, 0.6) is 5.75 Å². The van der Waals surface area contributed by atoms with Crippen LogP contribution < -0.4 is 20.9 Å². The summed E-state index contributed by atoms with van der Waals surface area (Å²) >= 11 is 0. The molecule has 35 heavy (non-hydrogen) atoms. The van der Waals surface area contributed by atoms with Gasteiger partial charge in [0.1, 0.15) is 17.0 Å². The van der Waals surface area contributed by atoms with Gasteiger partial charge in [0.05, 0.1) is 51.0 Å². The van der Waals surface area contributed by atoms with Gasteiger partial charge in [0.15, 0.2) is 0 Å². The maximum Gasteiger partial charge on any atom is 0.423 e. The minimum atomic E-state index is -4.86. The lowest BCUT2D eigenvalue weighted by Gasteiger charge is -2.26. The van der Waals surface area contributed by atoms with Crippen LogP contribution in [0.4, 0.5) is 18.9 Å². The van der Waals surface area contributed by atoms with Gasteiger partial charge in [-0.05, 0) is 24.6 Å². The quantitative estimate of drug-likeness (QED) is 0.442. The van der Waals surface area contributed by atoms with Crippen molar-refractivity contribution in [2.75, 3.05) is 32.1 Å². The molecule has 1 unspecified atom stereocenters. The third-order valence-electron chi connectivity index (χ3n) is 5.53. The maximum atomic E-state index is 13.8. The molecular weight excluding hydrogens is 467 g/mol. The van der Waals surface area contributed by atoms with Crippen LogP contribution in [0.3, 0.4) is 0 Å². The average Bonchev–Trinajstić information content (AvgIpc) is 3.22. The number of anilines is 1. The predicted octanol–water partition coefficient (Wildman–Crippen LogP) is 2.07. The highest BCUT2D eigenvalue weighted by Gasteiger charge is 2.38. The van der Waals surface area contributed by atoms with E-state index in [1.165, 1.54) is 7.11 Å². The van der Waals surface area contributed by atoms with E-state index in [-0.39, 0.29) is 25.8 Å². The molecule has 1 fully saturated rings. The smallest absolute Gasteiger partial charge is 0.423 e. The van der Waals surface area contributed by atoms with Crippen LogP contribution in [0.25, 0.3) is 0 Å². The molecule has 2 aromatic heterocycles. The second kappa shape index (κ2) is 10.4. The molecule has 1 aliphatic heterocycles. The maximum absolute atomic E-state index is 13.8. The summed E-state index contributed by atoms with van der Waals surface area (Å²) in [6.07, 6.45) is -2.06. The first kappa shape index (κ1) is 24.7. The highest BCUT2D eigenvalue weighted by Crippen LogP contribution is 2.32. The van der Waals surface area contributed by atoms with Gasteiger partial charge in [-0.2, -0.15) is 18.3 Å². The zero-order valence-corrected chi connectivity index (χ0v) is 19.2. The number of nitrogens with one attached hydrogen (secondary N) is 2. The van der Waals surface area contributed by atoms with E-state index in [1.807, 2.05) is 0 Å². The fraction of sp³-hybridized carbons (Fsp3) is 0.455. The van der Waals surface area contributed by atoms with E-state index in [4.69, 9.17) is 9.47 Å². The number of rotatable bonds is 10. The lowest BCUT2D eigenvalue weighted by Crippen LogP contribution is -2.43. The Morgan fingerprint density at radius 1 is 1.26 bits per heavy atom. The zero-order valence-electron chi connectivity index (χ0n) is 19.2. The number of hydrogen-bond donors (Lipinski definition) is 2. The molecule has 0 saturated carbocycles. The molecule has 3 aromatic rings. The Morgan fingerprint density at radius 2 is 2.00 bits per heavy atom. The number of benzene rings is 1. The molecule has 0 radical (unpaired) electrons. The molecule has 0 aliphatic carbocycles. The number of alkyl halides is 3. The fourth-order valence-electron chi connectivity index (χ4n) is 3.55. The van der Waals surface area contributed by atoms with Crippen LogP contribution >= 0.6 is 0 Å². The third kappa shape index (κ3) is 5.98. The van der Waals surface area contributed by atoms with E-state index in [2.05, 4.69) is 26.0 Å². The van der Waals surface area contributed by atoms with Gasteiger partial charge in [0.25, 0.3) is 5.56 Å². The summed E-state index contributed by atoms with van der Waals surface area (Å²) in [7, 11) is 1.51. The first-order chi connectivity index (χ1) is 16.7. The van der Waals surface area contributed by atoms with Crippen LogP contribution in [-0.4, -0.2) is 57.6 Å². The Hall–Kier alpha value is -3.45. The minimum absolute atomic E-state index is 0.0874. The van der Waals surface area contributed by atoms with Crippen molar-refractivity contribution in [2.24, 2.45) is 0 Å². The van der Waals surface area contributed by atoms with E-state index in [9.17, 15) is 18.0 Å². The Balaban J connectivity index is 1.40. The lowest BCUT2D eigenvalue weighted by molar-refractivity contribution is -0.138. The molecule has 1 atom stereocenters.